The van der Waals surface area contributed by atoms with Gasteiger partial charge in [-0.25, -0.2) is 0 Å². The van der Waals surface area contributed by atoms with Crippen LogP contribution in [0.1, 0.15) is 12.8 Å². The SMILES string of the molecule is O=[N+]([O-])c1ccc(OC2CCN(CCn3cccn3)CC2)cc1. The van der Waals surface area contributed by atoms with Gasteiger partial charge in [-0.2, -0.15) is 5.10 Å². The van der Waals surface area contributed by atoms with Crippen molar-refractivity contribution in [3.63, 3.8) is 0 Å². The van der Waals surface area contributed by atoms with Gasteiger partial charge >= 0.3 is 0 Å². The van der Waals surface area contributed by atoms with E-state index in [1.54, 1.807) is 18.3 Å². The maximum absolute atomic E-state index is 10.6. The van der Waals surface area contributed by atoms with Crippen molar-refractivity contribution >= 4 is 5.69 Å². The van der Waals surface area contributed by atoms with E-state index in [-0.39, 0.29) is 11.8 Å². The third-order valence-corrected chi connectivity index (χ3v) is 4.09. The van der Waals surface area contributed by atoms with Gasteiger partial charge in [0.2, 0.25) is 0 Å². The van der Waals surface area contributed by atoms with Crippen molar-refractivity contribution in [3.8, 4) is 5.75 Å². The number of benzene rings is 1. The molecular weight excluding hydrogens is 296 g/mol. The summed E-state index contributed by atoms with van der Waals surface area (Å²) in [5, 5.41) is 14.8. The lowest BCUT2D eigenvalue weighted by Crippen LogP contribution is -2.39. The predicted molar refractivity (Wildman–Crippen MR) is 85.4 cm³/mol. The van der Waals surface area contributed by atoms with Crippen molar-refractivity contribution in [3.05, 3.63) is 52.8 Å². The monoisotopic (exact) mass is 316 g/mol. The van der Waals surface area contributed by atoms with Gasteiger partial charge in [-0.1, -0.05) is 0 Å². The second-order valence-electron chi connectivity index (χ2n) is 5.68. The fourth-order valence-electron chi connectivity index (χ4n) is 2.77. The van der Waals surface area contributed by atoms with Gasteiger partial charge in [-0.15, -0.1) is 0 Å². The molecule has 23 heavy (non-hydrogen) atoms. The summed E-state index contributed by atoms with van der Waals surface area (Å²) in [5.74, 6) is 0.700. The van der Waals surface area contributed by atoms with Crippen molar-refractivity contribution in [1.29, 1.82) is 0 Å². The molecule has 0 atom stereocenters. The van der Waals surface area contributed by atoms with Crippen LogP contribution in [0.25, 0.3) is 0 Å². The van der Waals surface area contributed by atoms with Crippen molar-refractivity contribution in [2.75, 3.05) is 19.6 Å². The van der Waals surface area contributed by atoms with Crippen LogP contribution in [0.2, 0.25) is 0 Å². The summed E-state index contributed by atoms with van der Waals surface area (Å²) in [6, 6.07) is 8.23. The molecule has 122 valence electrons. The zero-order valence-corrected chi connectivity index (χ0v) is 12.9. The van der Waals surface area contributed by atoms with E-state index < -0.39 is 4.92 Å². The van der Waals surface area contributed by atoms with E-state index in [4.69, 9.17) is 4.74 Å². The Kier molecular flexibility index (Phi) is 4.87. The number of piperidine rings is 1. The van der Waals surface area contributed by atoms with Crippen LogP contribution in [0.4, 0.5) is 5.69 Å². The quantitative estimate of drug-likeness (QED) is 0.604. The predicted octanol–water partition coefficient (Wildman–Crippen LogP) is 2.33. The molecule has 1 aliphatic rings. The average Bonchev–Trinajstić information content (AvgIpc) is 3.08. The summed E-state index contributed by atoms with van der Waals surface area (Å²) in [6.07, 6.45) is 5.89. The first-order valence-corrected chi connectivity index (χ1v) is 7.81. The molecule has 0 bridgehead atoms. The van der Waals surface area contributed by atoms with E-state index in [1.165, 1.54) is 12.1 Å². The molecule has 0 spiro atoms. The van der Waals surface area contributed by atoms with Gasteiger partial charge in [-0.3, -0.25) is 14.8 Å². The number of ether oxygens (including phenoxy) is 1. The Balaban J connectivity index is 1.42. The third kappa shape index (κ3) is 4.29. The second-order valence-corrected chi connectivity index (χ2v) is 5.68. The van der Waals surface area contributed by atoms with Crippen LogP contribution in [-0.4, -0.2) is 45.3 Å². The first-order chi connectivity index (χ1) is 11.2. The normalized spacial score (nSPS) is 16.3. The Morgan fingerprint density at radius 3 is 2.57 bits per heavy atom. The molecule has 1 saturated heterocycles. The molecule has 7 nitrogen and oxygen atoms in total. The van der Waals surface area contributed by atoms with E-state index in [9.17, 15) is 10.1 Å². The number of non-ortho nitro benzene ring substituents is 1. The lowest BCUT2D eigenvalue weighted by Gasteiger charge is -2.32. The highest BCUT2D eigenvalue weighted by molar-refractivity contribution is 5.36. The summed E-state index contributed by atoms with van der Waals surface area (Å²) in [6.45, 7) is 3.89. The maximum Gasteiger partial charge on any atom is 0.269 e. The van der Waals surface area contributed by atoms with Crippen LogP contribution in [0, 0.1) is 10.1 Å². The lowest BCUT2D eigenvalue weighted by molar-refractivity contribution is -0.384. The number of nitrogens with zero attached hydrogens (tertiary/aromatic N) is 4. The molecule has 0 radical (unpaired) electrons. The van der Waals surface area contributed by atoms with Crippen LogP contribution >= 0.6 is 0 Å². The molecule has 1 aromatic carbocycles. The standard InChI is InChI=1S/C16H20N4O3/c21-20(22)14-2-4-15(5-3-14)23-16-6-10-18(11-7-16)12-13-19-9-1-8-17-19/h1-5,8-9,16H,6-7,10-13H2. The topological polar surface area (TPSA) is 73.4 Å². The van der Waals surface area contributed by atoms with Crippen LogP contribution in [0.3, 0.4) is 0 Å². The minimum atomic E-state index is -0.401. The number of aromatic nitrogens is 2. The van der Waals surface area contributed by atoms with Gasteiger partial charge in [0.15, 0.2) is 0 Å². The van der Waals surface area contributed by atoms with Crippen LogP contribution in [-0.2, 0) is 6.54 Å². The third-order valence-electron chi connectivity index (χ3n) is 4.09. The minimum Gasteiger partial charge on any atom is -0.490 e. The Morgan fingerprint density at radius 1 is 1.22 bits per heavy atom. The Bertz CT molecular complexity index is 619. The van der Waals surface area contributed by atoms with Crippen molar-refractivity contribution in [2.45, 2.75) is 25.5 Å². The van der Waals surface area contributed by atoms with E-state index in [0.29, 0.717) is 5.75 Å². The number of nitro benzene ring substituents is 1. The first kappa shape index (κ1) is 15.5. The molecule has 0 unspecified atom stereocenters. The van der Waals surface area contributed by atoms with Gasteiger partial charge in [0, 0.05) is 44.2 Å². The van der Waals surface area contributed by atoms with Crippen LogP contribution < -0.4 is 4.74 Å². The number of rotatable bonds is 6. The largest absolute Gasteiger partial charge is 0.490 e. The zero-order chi connectivity index (χ0) is 16.1. The van der Waals surface area contributed by atoms with Crippen molar-refractivity contribution in [2.24, 2.45) is 0 Å². The van der Waals surface area contributed by atoms with Gasteiger partial charge in [0.1, 0.15) is 11.9 Å². The molecule has 2 heterocycles. The Labute approximate surface area is 134 Å². The Hall–Kier alpha value is -2.41. The van der Waals surface area contributed by atoms with Gasteiger partial charge in [-0.05, 0) is 31.0 Å². The molecule has 7 heteroatoms. The number of likely N-dealkylation sites (tertiary alicyclic amines) is 1. The zero-order valence-electron chi connectivity index (χ0n) is 12.9. The highest BCUT2D eigenvalue weighted by atomic mass is 16.6. The van der Waals surface area contributed by atoms with Crippen LogP contribution in [0.5, 0.6) is 5.75 Å². The highest BCUT2D eigenvalue weighted by Crippen LogP contribution is 2.21. The summed E-state index contributed by atoms with van der Waals surface area (Å²) in [5.41, 5.74) is 0.0887. The molecule has 0 aliphatic carbocycles. The highest BCUT2D eigenvalue weighted by Gasteiger charge is 2.20. The molecule has 0 saturated carbocycles. The molecular formula is C16H20N4O3. The van der Waals surface area contributed by atoms with E-state index in [0.717, 1.165) is 39.0 Å². The minimum absolute atomic E-state index is 0.0887. The summed E-state index contributed by atoms with van der Waals surface area (Å²) < 4.78 is 7.87. The molecule has 0 amide bonds. The molecule has 1 fully saturated rings. The summed E-state index contributed by atoms with van der Waals surface area (Å²) >= 11 is 0. The molecule has 2 aromatic rings. The maximum atomic E-state index is 10.6. The van der Waals surface area contributed by atoms with E-state index in [2.05, 4.69) is 10.00 Å². The average molecular weight is 316 g/mol. The molecule has 0 N–H and O–H groups in total. The number of hydrogen-bond donors (Lipinski definition) is 0. The fraction of sp³-hybridized carbons (Fsp3) is 0.438. The molecule has 3 rings (SSSR count). The first-order valence-electron chi connectivity index (χ1n) is 7.81. The molecule has 1 aromatic heterocycles. The number of nitro groups is 1. The van der Waals surface area contributed by atoms with Crippen molar-refractivity contribution in [1.82, 2.24) is 14.7 Å². The van der Waals surface area contributed by atoms with Gasteiger partial charge in [0.05, 0.1) is 11.5 Å². The lowest BCUT2D eigenvalue weighted by atomic mass is 10.1. The number of hydrogen-bond acceptors (Lipinski definition) is 5. The second kappa shape index (κ2) is 7.23. The van der Waals surface area contributed by atoms with Gasteiger partial charge < -0.3 is 9.64 Å². The smallest absolute Gasteiger partial charge is 0.269 e. The summed E-state index contributed by atoms with van der Waals surface area (Å²) in [7, 11) is 0. The van der Waals surface area contributed by atoms with Crippen molar-refractivity contribution < 1.29 is 9.66 Å². The fourth-order valence-corrected chi connectivity index (χ4v) is 2.77. The molecule has 1 aliphatic heterocycles. The summed E-state index contributed by atoms with van der Waals surface area (Å²) in [4.78, 5) is 12.7. The van der Waals surface area contributed by atoms with E-state index in [1.807, 2.05) is 16.9 Å². The van der Waals surface area contributed by atoms with Crippen LogP contribution in [0.15, 0.2) is 42.7 Å². The van der Waals surface area contributed by atoms with Gasteiger partial charge in [0.25, 0.3) is 5.69 Å². The van der Waals surface area contributed by atoms with E-state index >= 15 is 0 Å². The Morgan fingerprint density at radius 2 is 1.96 bits per heavy atom.